The van der Waals surface area contributed by atoms with E-state index in [0.29, 0.717) is 25.7 Å². The van der Waals surface area contributed by atoms with Crippen LogP contribution in [0, 0.1) is 17.3 Å². The lowest BCUT2D eigenvalue weighted by Crippen LogP contribution is -2.50. The normalized spacial score (nSPS) is 28.2. The summed E-state index contributed by atoms with van der Waals surface area (Å²) in [7, 11) is 0. The number of alkyl carbamates (subject to hydrolysis) is 1. The third-order valence-corrected chi connectivity index (χ3v) is 5.13. The third kappa shape index (κ3) is 6.98. The highest BCUT2D eigenvalue weighted by atomic mass is 16.6. The molecule has 0 saturated heterocycles. The molecule has 0 spiro atoms. The van der Waals surface area contributed by atoms with Gasteiger partial charge in [0.2, 0.25) is 0 Å². The second-order valence-electron chi connectivity index (χ2n) is 9.20. The largest absolute Gasteiger partial charge is 0.443 e. The number of carbonyl (C=O) groups excluding carboxylic acids is 1. The summed E-state index contributed by atoms with van der Waals surface area (Å²) in [5, 5.41) is 2.94. The van der Waals surface area contributed by atoms with Crippen molar-refractivity contribution in [1.29, 1.82) is 0 Å². The Balaban J connectivity index is 2.48. The molecule has 1 fully saturated rings. The zero-order valence-corrected chi connectivity index (χ0v) is 16.7. The van der Waals surface area contributed by atoms with Gasteiger partial charge in [0.05, 0.1) is 6.61 Å². The van der Waals surface area contributed by atoms with E-state index in [2.05, 4.69) is 26.1 Å². The van der Waals surface area contributed by atoms with Gasteiger partial charge >= 0.3 is 6.09 Å². The van der Waals surface area contributed by atoms with Gasteiger partial charge in [-0.25, -0.2) is 4.79 Å². The van der Waals surface area contributed by atoms with Gasteiger partial charge in [0.15, 0.2) is 0 Å². The summed E-state index contributed by atoms with van der Waals surface area (Å²) in [6, 6.07) is 0. The molecule has 24 heavy (non-hydrogen) atoms. The Morgan fingerprint density at radius 2 is 1.96 bits per heavy atom. The Morgan fingerprint density at radius 1 is 1.33 bits per heavy atom. The standard InChI is InChI=1S/C19H38N2O3/c1-8-23-12-14(2)18(5,6)24-16(22)21-11-15-9-17(3,4)13-19(7,20)10-15/h14-15H,8-13,20H2,1-7H3,(H,21,22)/t14-,15?,19?/m1/s1. The highest BCUT2D eigenvalue weighted by Gasteiger charge is 2.39. The van der Waals surface area contributed by atoms with Crippen molar-refractivity contribution < 1.29 is 14.3 Å². The van der Waals surface area contributed by atoms with Gasteiger partial charge in [0.25, 0.3) is 0 Å². The summed E-state index contributed by atoms with van der Waals surface area (Å²) in [6.07, 6.45) is 2.67. The zero-order chi connectivity index (χ0) is 18.6. The molecule has 3 atom stereocenters. The van der Waals surface area contributed by atoms with Gasteiger partial charge in [-0.1, -0.05) is 20.8 Å². The van der Waals surface area contributed by atoms with Crippen LogP contribution in [0.15, 0.2) is 0 Å². The average molecular weight is 343 g/mol. The highest BCUT2D eigenvalue weighted by molar-refractivity contribution is 5.67. The van der Waals surface area contributed by atoms with Crippen molar-refractivity contribution in [3.05, 3.63) is 0 Å². The van der Waals surface area contributed by atoms with E-state index in [0.717, 1.165) is 19.3 Å². The van der Waals surface area contributed by atoms with E-state index in [1.54, 1.807) is 0 Å². The van der Waals surface area contributed by atoms with Crippen LogP contribution in [0.5, 0.6) is 0 Å². The Labute approximate surface area is 148 Å². The monoisotopic (exact) mass is 342 g/mol. The van der Waals surface area contributed by atoms with E-state index in [-0.39, 0.29) is 23.0 Å². The Kier molecular flexibility index (Phi) is 7.12. The third-order valence-electron chi connectivity index (χ3n) is 5.13. The number of carbonyl (C=O) groups is 1. The second kappa shape index (κ2) is 8.05. The van der Waals surface area contributed by atoms with E-state index < -0.39 is 5.60 Å². The minimum Gasteiger partial charge on any atom is -0.443 e. The molecule has 0 aromatic carbocycles. The second-order valence-corrected chi connectivity index (χ2v) is 9.20. The zero-order valence-electron chi connectivity index (χ0n) is 16.7. The van der Waals surface area contributed by atoms with E-state index in [4.69, 9.17) is 15.2 Å². The lowest BCUT2D eigenvalue weighted by molar-refractivity contribution is -0.0326. The average Bonchev–Trinajstić information content (AvgIpc) is 2.38. The molecule has 142 valence electrons. The van der Waals surface area contributed by atoms with Crippen LogP contribution < -0.4 is 11.1 Å². The van der Waals surface area contributed by atoms with Crippen molar-refractivity contribution in [2.75, 3.05) is 19.8 Å². The fraction of sp³-hybridized carbons (Fsp3) is 0.947. The van der Waals surface area contributed by atoms with E-state index in [9.17, 15) is 4.79 Å². The number of hydrogen-bond acceptors (Lipinski definition) is 4. The Bertz CT molecular complexity index is 403. The maximum Gasteiger partial charge on any atom is 0.407 e. The molecule has 0 bridgehead atoms. The van der Waals surface area contributed by atoms with Crippen LogP contribution >= 0.6 is 0 Å². The number of amides is 1. The number of rotatable bonds is 7. The predicted molar refractivity (Wildman–Crippen MR) is 97.9 cm³/mol. The lowest BCUT2D eigenvalue weighted by atomic mass is 9.65. The minimum atomic E-state index is -0.562. The molecule has 5 nitrogen and oxygen atoms in total. The molecule has 5 heteroatoms. The Morgan fingerprint density at radius 3 is 2.50 bits per heavy atom. The van der Waals surface area contributed by atoms with Crippen molar-refractivity contribution in [3.8, 4) is 0 Å². The molecule has 1 aliphatic rings. The molecule has 0 aliphatic heterocycles. The number of nitrogens with one attached hydrogen (secondary N) is 1. The maximum atomic E-state index is 12.2. The summed E-state index contributed by atoms with van der Waals surface area (Å²) in [4.78, 5) is 12.2. The summed E-state index contributed by atoms with van der Waals surface area (Å²) in [6.45, 7) is 16.3. The molecule has 1 saturated carbocycles. The Hall–Kier alpha value is -0.810. The van der Waals surface area contributed by atoms with Gasteiger partial charge in [0.1, 0.15) is 5.60 Å². The lowest BCUT2D eigenvalue weighted by Gasteiger charge is -2.44. The smallest absolute Gasteiger partial charge is 0.407 e. The quantitative estimate of drug-likeness (QED) is 0.740. The van der Waals surface area contributed by atoms with Crippen molar-refractivity contribution in [3.63, 3.8) is 0 Å². The fourth-order valence-corrected chi connectivity index (χ4v) is 3.99. The van der Waals surface area contributed by atoms with E-state index in [1.165, 1.54) is 0 Å². The van der Waals surface area contributed by atoms with Crippen LogP contribution in [0.1, 0.15) is 67.7 Å². The van der Waals surface area contributed by atoms with Crippen LogP contribution in [0.3, 0.4) is 0 Å². The van der Waals surface area contributed by atoms with Gasteiger partial charge in [0, 0.05) is 24.6 Å². The molecule has 0 aromatic heterocycles. The first-order chi connectivity index (χ1) is 10.9. The van der Waals surface area contributed by atoms with Crippen LogP contribution in [0.25, 0.3) is 0 Å². The summed E-state index contributed by atoms with van der Waals surface area (Å²) in [5.74, 6) is 0.518. The minimum absolute atomic E-state index is 0.129. The van der Waals surface area contributed by atoms with Crippen molar-refractivity contribution in [1.82, 2.24) is 5.32 Å². The first kappa shape index (κ1) is 21.2. The summed E-state index contributed by atoms with van der Waals surface area (Å²) >= 11 is 0. The fourth-order valence-electron chi connectivity index (χ4n) is 3.99. The van der Waals surface area contributed by atoms with Gasteiger partial charge in [-0.3, -0.25) is 0 Å². The van der Waals surface area contributed by atoms with Crippen LogP contribution in [0.2, 0.25) is 0 Å². The molecule has 1 aliphatic carbocycles. The van der Waals surface area contributed by atoms with Crippen molar-refractivity contribution in [2.24, 2.45) is 23.0 Å². The molecule has 3 N–H and O–H groups in total. The van der Waals surface area contributed by atoms with E-state index in [1.807, 2.05) is 27.7 Å². The molecule has 0 heterocycles. The van der Waals surface area contributed by atoms with Gasteiger partial charge in [-0.05, 0) is 58.3 Å². The van der Waals surface area contributed by atoms with Gasteiger partial charge < -0.3 is 20.5 Å². The van der Waals surface area contributed by atoms with Gasteiger partial charge in [-0.15, -0.1) is 0 Å². The predicted octanol–water partition coefficient (Wildman–Crippen LogP) is 3.71. The SMILES string of the molecule is CCOC[C@@H](C)C(C)(C)OC(=O)NCC1CC(C)(C)CC(C)(N)C1. The number of hydrogen-bond donors (Lipinski definition) is 2. The van der Waals surface area contributed by atoms with Crippen molar-refractivity contribution >= 4 is 6.09 Å². The topological polar surface area (TPSA) is 73.6 Å². The molecular weight excluding hydrogens is 304 g/mol. The van der Waals surface area contributed by atoms with Gasteiger partial charge in [-0.2, -0.15) is 0 Å². The van der Waals surface area contributed by atoms with Crippen LogP contribution in [-0.2, 0) is 9.47 Å². The molecular formula is C19H38N2O3. The molecule has 2 unspecified atom stereocenters. The van der Waals surface area contributed by atoms with E-state index >= 15 is 0 Å². The highest BCUT2D eigenvalue weighted by Crippen LogP contribution is 2.42. The molecule has 0 aromatic rings. The first-order valence-electron chi connectivity index (χ1n) is 9.20. The molecule has 0 radical (unpaired) electrons. The van der Waals surface area contributed by atoms with Crippen LogP contribution in [0.4, 0.5) is 4.79 Å². The maximum absolute atomic E-state index is 12.2. The van der Waals surface area contributed by atoms with Crippen molar-refractivity contribution in [2.45, 2.75) is 78.9 Å². The summed E-state index contributed by atoms with van der Waals surface area (Å²) < 4.78 is 11.1. The summed E-state index contributed by atoms with van der Waals surface area (Å²) in [5.41, 5.74) is 5.87. The van der Waals surface area contributed by atoms with Crippen LogP contribution in [-0.4, -0.2) is 37.0 Å². The number of ether oxygens (including phenoxy) is 2. The number of nitrogens with two attached hydrogens (primary N) is 1. The molecule has 1 rings (SSSR count). The molecule has 1 amide bonds. The first-order valence-corrected chi connectivity index (χ1v) is 9.20.